The molecule has 0 bridgehead atoms. The fourth-order valence-electron chi connectivity index (χ4n) is 5.55. The van der Waals surface area contributed by atoms with Crippen molar-refractivity contribution in [1.82, 2.24) is 19.4 Å². The zero-order valence-corrected chi connectivity index (χ0v) is 24.2. The Bertz CT molecular complexity index is 1360. The summed E-state index contributed by atoms with van der Waals surface area (Å²) in [5.74, 6) is 2.45. The number of benzene rings is 1. The van der Waals surface area contributed by atoms with E-state index in [0.717, 1.165) is 40.3 Å². The molecule has 2 aromatic heterocycles. The summed E-state index contributed by atoms with van der Waals surface area (Å²) in [4.78, 5) is 30.8. The number of hydrogen-bond donors (Lipinski definition) is 0. The number of rotatable bonds is 7. The molecule has 2 atom stereocenters. The Morgan fingerprint density at radius 2 is 2.08 bits per heavy atom. The van der Waals surface area contributed by atoms with Gasteiger partial charge >= 0.3 is 6.09 Å². The van der Waals surface area contributed by atoms with Gasteiger partial charge in [0.15, 0.2) is 0 Å². The third kappa shape index (κ3) is 5.91. The van der Waals surface area contributed by atoms with Gasteiger partial charge in [0.1, 0.15) is 28.5 Å². The first-order valence-corrected chi connectivity index (χ1v) is 14.0. The summed E-state index contributed by atoms with van der Waals surface area (Å²) in [6, 6.07) is 8.64. The molecule has 0 saturated carbocycles. The summed E-state index contributed by atoms with van der Waals surface area (Å²) in [5, 5.41) is 0. The summed E-state index contributed by atoms with van der Waals surface area (Å²) in [7, 11) is 1.66. The van der Waals surface area contributed by atoms with Crippen molar-refractivity contribution in [2.75, 3.05) is 38.3 Å². The maximum Gasteiger partial charge on any atom is 0.410 e. The molecule has 10 heteroatoms. The summed E-state index contributed by atoms with van der Waals surface area (Å²) in [6.45, 7) is 14.8. The SMILES string of the molecule is C=NCc1cc(OC)c2c(c1)nc(-c1ccc(N3CCC[C@@H]3C)nc1)n2C[C@@H]1CN(C(=O)OC(C)(C)C)CCO1. The van der Waals surface area contributed by atoms with E-state index in [2.05, 4.69) is 40.2 Å². The molecule has 40 heavy (non-hydrogen) atoms. The number of nitrogens with zero attached hydrogens (tertiary/aromatic N) is 6. The Morgan fingerprint density at radius 3 is 2.73 bits per heavy atom. The number of methoxy groups -OCH3 is 1. The second-order valence-electron chi connectivity index (χ2n) is 11.6. The molecule has 0 N–H and O–H groups in total. The van der Waals surface area contributed by atoms with E-state index in [1.807, 2.05) is 39.1 Å². The van der Waals surface area contributed by atoms with Crippen molar-refractivity contribution in [3.8, 4) is 17.1 Å². The number of fused-ring (bicyclic) bond motifs is 1. The molecule has 3 aromatic rings. The van der Waals surface area contributed by atoms with Gasteiger partial charge in [0.2, 0.25) is 0 Å². The molecule has 214 valence electrons. The van der Waals surface area contributed by atoms with E-state index in [0.29, 0.717) is 44.6 Å². The number of imidazole rings is 1. The zero-order valence-electron chi connectivity index (χ0n) is 24.2. The smallest absolute Gasteiger partial charge is 0.410 e. The quantitative estimate of drug-likeness (QED) is 0.386. The van der Waals surface area contributed by atoms with E-state index in [1.165, 1.54) is 12.8 Å². The molecule has 1 amide bonds. The molecule has 0 unspecified atom stereocenters. The predicted octanol–water partition coefficient (Wildman–Crippen LogP) is 4.93. The van der Waals surface area contributed by atoms with Crippen LogP contribution in [-0.4, -0.2) is 83.3 Å². The number of carbonyl (C=O) groups is 1. The number of amides is 1. The van der Waals surface area contributed by atoms with Crippen LogP contribution < -0.4 is 9.64 Å². The van der Waals surface area contributed by atoms with Gasteiger partial charge in [-0.25, -0.2) is 14.8 Å². The highest BCUT2D eigenvalue weighted by molar-refractivity contribution is 5.87. The van der Waals surface area contributed by atoms with Crippen LogP contribution in [0.2, 0.25) is 0 Å². The van der Waals surface area contributed by atoms with Gasteiger partial charge in [-0.2, -0.15) is 0 Å². The average molecular weight is 549 g/mol. The lowest BCUT2D eigenvalue weighted by Gasteiger charge is -2.34. The van der Waals surface area contributed by atoms with Crippen LogP contribution in [0.4, 0.5) is 10.6 Å². The Balaban J connectivity index is 1.51. The Labute approximate surface area is 236 Å². The highest BCUT2D eigenvalue weighted by Gasteiger charge is 2.30. The third-order valence-corrected chi connectivity index (χ3v) is 7.41. The highest BCUT2D eigenvalue weighted by atomic mass is 16.6. The molecule has 5 rings (SSSR count). The molecule has 0 spiro atoms. The van der Waals surface area contributed by atoms with Gasteiger partial charge in [0.25, 0.3) is 0 Å². The minimum Gasteiger partial charge on any atom is -0.494 e. The molecular formula is C30H40N6O4. The number of anilines is 1. The molecule has 2 aliphatic rings. The third-order valence-electron chi connectivity index (χ3n) is 7.41. The Morgan fingerprint density at radius 1 is 1.25 bits per heavy atom. The van der Waals surface area contributed by atoms with Crippen molar-refractivity contribution in [1.29, 1.82) is 0 Å². The van der Waals surface area contributed by atoms with Crippen molar-refractivity contribution in [2.24, 2.45) is 4.99 Å². The molecular weight excluding hydrogens is 508 g/mol. The van der Waals surface area contributed by atoms with Crippen LogP contribution >= 0.6 is 0 Å². The second kappa shape index (κ2) is 11.4. The standard InChI is InChI=1S/C30H40N6O4/c1-20-8-7-11-35(20)26-10-9-22(17-32-26)28-33-24-14-21(16-31-5)15-25(38-6)27(24)36(28)19-23-18-34(12-13-39-23)29(37)40-30(2,3)4/h9-10,14-15,17,20,23H,5,7-8,11-13,16,18-19H2,1-4,6H3/t20-,23-/m0/s1. The van der Waals surface area contributed by atoms with Crippen LogP contribution in [0.3, 0.4) is 0 Å². The van der Waals surface area contributed by atoms with Gasteiger partial charge < -0.3 is 28.6 Å². The minimum absolute atomic E-state index is 0.255. The van der Waals surface area contributed by atoms with E-state index in [-0.39, 0.29) is 12.2 Å². The van der Waals surface area contributed by atoms with Crippen LogP contribution in [0.5, 0.6) is 5.75 Å². The first-order valence-electron chi connectivity index (χ1n) is 14.0. The lowest BCUT2D eigenvalue weighted by molar-refractivity contribution is -0.0468. The number of hydrogen-bond acceptors (Lipinski definition) is 8. The normalized spacial score (nSPS) is 19.7. The lowest BCUT2D eigenvalue weighted by Crippen LogP contribution is -2.48. The van der Waals surface area contributed by atoms with E-state index >= 15 is 0 Å². The number of ether oxygens (including phenoxy) is 3. The van der Waals surface area contributed by atoms with Gasteiger partial charge in [0.05, 0.1) is 45.0 Å². The Hall–Kier alpha value is -3.66. The van der Waals surface area contributed by atoms with E-state index in [9.17, 15) is 4.79 Å². The van der Waals surface area contributed by atoms with Crippen molar-refractivity contribution >= 4 is 29.7 Å². The fourth-order valence-corrected chi connectivity index (χ4v) is 5.55. The van der Waals surface area contributed by atoms with Crippen molar-refractivity contribution in [3.05, 3.63) is 36.0 Å². The van der Waals surface area contributed by atoms with Crippen LogP contribution in [0.25, 0.3) is 22.4 Å². The first kappa shape index (κ1) is 27.9. The highest BCUT2D eigenvalue weighted by Crippen LogP contribution is 2.34. The molecule has 2 fully saturated rings. The summed E-state index contributed by atoms with van der Waals surface area (Å²) >= 11 is 0. The van der Waals surface area contributed by atoms with Gasteiger partial charge in [-0.05, 0) is 77.1 Å². The van der Waals surface area contributed by atoms with Gasteiger partial charge in [-0.1, -0.05) is 0 Å². The maximum absolute atomic E-state index is 12.8. The van der Waals surface area contributed by atoms with Crippen LogP contribution in [0.1, 0.15) is 46.1 Å². The molecule has 0 radical (unpaired) electrons. The van der Waals surface area contributed by atoms with Gasteiger partial charge in [0, 0.05) is 30.9 Å². The molecule has 0 aliphatic carbocycles. The number of aliphatic imine (C=N–C) groups is 1. The largest absolute Gasteiger partial charge is 0.494 e. The molecule has 2 aliphatic heterocycles. The zero-order chi connectivity index (χ0) is 28.4. The average Bonchev–Trinajstić information content (AvgIpc) is 3.51. The van der Waals surface area contributed by atoms with E-state index < -0.39 is 5.60 Å². The first-order chi connectivity index (χ1) is 19.2. The lowest BCUT2D eigenvalue weighted by atomic mass is 10.1. The summed E-state index contributed by atoms with van der Waals surface area (Å²) in [6.07, 6.45) is 3.68. The minimum atomic E-state index is -0.560. The summed E-state index contributed by atoms with van der Waals surface area (Å²) < 4.78 is 19.7. The van der Waals surface area contributed by atoms with Crippen LogP contribution in [0.15, 0.2) is 35.5 Å². The van der Waals surface area contributed by atoms with Gasteiger partial charge in [-0.3, -0.25) is 4.99 Å². The van der Waals surface area contributed by atoms with E-state index in [1.54, 1.807) is 12.0 Å². The molecule has 4 heterocycles. The molecule has 2 saturated heterocycles. The van der Waals surface area contributed by atoms with Crippen LogP contribution in [-0.2, 0) is 22.6 Å². The monoisotopic (exact) mass is 548 g/mol. The number of pyridine rings is 1. The molecule has 1 aromatic carbocycles. The topological polar surface area (TPSA) is 94.3 Å². The number of carbonyl (C=O) groups excluding carboxylic acids is 1. The summed E-state index contributed by atoms with van der Waals surface area (Å²) in [5.41, 5.74) is 2.97. The van der Waals surface area contributed by atoms with Crippen molar-refractivity contribution in [3.63, 3.8) is 0 Å². The fraction of sp³-hybridized carbons (Fsp3) is 0.533. The van der Waals surface area contributed by atoms with Crippen molar-refractivity contribution < 1.29 is 19.0 Å². The Kier molecular flexibility index (Phi) is 7.98. The molecule has 10 nitrogen and oxygen atoms in total. The maximum atomic E-state index is 12.8. The second-order valence-corrected chi connectivity index (χ2v) is 11.6. The van der Waals surface area contributed by atoms with Gasteiger partial charge in [-0.15, -0.1) is 0 Å². The van der Waals surface area contributed by atoms with Crippen molar-refractivity contribution in [2.45, 2.75) is 71.4 Å². The predicted molar refractivity (Wildman–Crippen MR) is 156 cm³/mol. The number of aromatic nitrogens is 3. The number of morpholine rings is 1. The van der Waals surface area contributed by atoms with E-state index in [4.69, 9.17) is 24.2 Å². The van der Waals surface area contributed by atoms with Crippen LogP contribution in [0, 0.1) is 0 Å².